The van der Waals surface area contributed by atoms with Crippen molar-refractivity contribution in [2.45, 2.75) is 13.3 Å². The second kappa shape index (κ2) is 8.69. The number of anilines is 1. The van der Waals surface area contributed by atoms with Gasteiger partial charge in [0.25, 0.3) is 0 Å². The highest BCUT2D eigenvalue weighted by atomic mass is 32.1. The average molecular weight is 367 g/mol. The first-order valence-electron chi connectivity index (χ1n) is 8.41. The number of nitrogens with zero attached hydrogens (tertiary/aromatic N) is 3. The first-order valence-corrected chi connectivity index (χ1v) is 9.23. The van der Waals surface area contributed by atoms with Crippen LogP contribution < -0.4 is 4.90 Å². The SMILES string of the molecule is COCCN(C(=O)Cc1ccccc1)c1nnc(-c2cccc(C)c2)s1. The molecule has 0 aliphatic rings. The van der Waals surface area contributed by atoms with E-state index >= 15 is 0 Å². The number of hydrogen-bond donors (Lipinski definition) is 0. The number of aromatic nitrogens is 2. The first kappa shape index (κ1) is 18.2. The lowest BCUT2D eigenvalue weighted by atomic mass is 10.1. The van der Waals surface area contributed by atoms with Crippen molar-refractivity contribution in [3.05, 3.63) is 65.7 Å². The molecule has 0 bridgehead atoms. The van der Waals surface area contributed by atoms with Crippen LogP contribution in [0.5, 0.6) is 0 Å². The monoisotopic (exact) mass is 367 g/mol. The number of aryl methyl sites for hydroxylation is 1. The Hall–Kier alpha value is -2.57. The maximum atomic E-state index is 12.8. The van der Waals surface area contributed by atoms with E-state index in [4.69, 9.17) is 4.74 Å². The second-order valence-corrected chi connectivity index (χ2v) is 6.92. The van der Waals surface area contributed by atoms with E-state index in [9.17, 15) is 4.79 Å². The van der Waals surface area contributed by atoms with Crippen LogP contribution in [0.4, 0.5) is 5.13 Å². The van der Waals surface area contributed by atoms with Crippen molar-refractivity contribution in [1.82, 2.24) is 10.2 Å². The van der Waals surface area contributed by atoms with E-state index in [2.05, 4.69) is 16.3 Å². The largest absolute Gasteiger partial charge is 0.383 e. The highest BCUT2D eigenvalue weighted by molar-refractivity contribution is 7.18. The number of ether oxygens (including phenoxy) is 1. The molecule has 0 N–H and O–H groups in total. The van der Waals surface area contributed by atoms with Crippen molar-refractivity contribution in [3.63, 3.8) is 0 Å². The van der Waals surface area contributed by atoms with Crippen molar-refractivity contribution in [1.29, 1.82) is 0 Å². The van der Waals surface area contributed by atoms with E-state index in [-0.39, 0.29) is 5.91 Å². The van der Waals surface area contributed by atoms with Crippen LogP contribution >= 0.6 is 11.3 Å². The summed E-state index contributed by atoms with van der Waals surface area (Å²) in [6.07, 6.45) is 0.323. The molecular weight excluding hydrogens is 346 g/mol. The Balaban J connectivity index is 1.82. The molecule has 6 heteroatoms. The van der Waals surface area contributed by atoms with Gasteiger partial charge in [-0.05, 0) is 18.6 Å². The molecule has 1 aromatic heterocycles. The summed E-state index contributed by atoms with van der Waals surface area (Å²) in [6, 6.07) is 17.8. The van der Waals surface area contributed by atoms with E-state index in [0.29, 0.717) is 24.7 Å². The molecular formula is C20H21N3O2S. The van der Waals surface area contributed by atoms with Crippen molar-refractivity contribution in [2.75, 3.05) is 25.2 Å². The van der Waals surface area contributed by atoms with Crippen LogP contribution in [0.25, 0.3) is 10.6 Å². The van der Waals surface area contributed by atoms with Crippen LogP contribution in [0.3, 0.4) is 0 Å². The molecule has 3 aromatic rings. The molecule has 26 heavy (non-hydrogen) atoms. The maximum absolute atomic E-state index is 12.8. The lowest BCUT2D eigenvalue weighted by molar-refractivity contribution is -0.118. The lowest BCUT2D eigenvalue weighted by Crippen LogP contribution is -2.35. The standard InChI is InChI=1S/C20H21N3O2S/c1-15-7-6-10-17(13-15)19-21-22-20(26-19)23(11-12-25-2)18(24)14-16-8-4-3-5-9-16/h3-10,13H,11-12,14H2,1-2H3. The Morgan fingerprint density at radius 1 is 1.12 bits per heavy atom. The molecule has 0 fully saturated rings. The zero-order chi connectivity index (χ0) is 18.4. The predicted molar refractivity (Wildman–Crippen MR) is 104 cm³/mol. The Labute approximate surface area is 157 Å². The summed E-state index contributed by atoms with van der Waals surface area (Å²) < 4.78 is 5.16. The summed E-state index contributed by atoms with van der Waals surface area (Å²) >= 11 is 1.42. The fraction of sp³-hybridized carbons (Fsp3) is 0.250. The van der Waals surface area contributed by atoms with Gasteiger partial charge < -0.3 is 4.74 Å². The lowest BCUT2D eigenvalue weighted by Gasteiger charge is -2.19. The van der Waals surface area contributed by atoms with Crippen LogP contribution in [0.15, 0.2) is 54.6 Å². The molecule has 0 spiro atoms. The Kier molecular flexibility index (Phi) is 6.09. The highest BCUT2D eigenvalue weighted by Crippen LogP contribution is 2.29. The van der Waals surface area contributed by atoms with Crippen LogP contribution in [0.1, 0.15) is 11.1 Å². The number of amides is 1. The predicted octanol–water partition coefficient (Wildman–Crippen LogP) is 3.74. The van der Waals surface area contributed by atoms with Crippen molar-refractivity contribution >= 4 is 22.4 Å². The third-order valence-corrected chi connectivity index (χ3v) is 4.92. The molecule has 134 valence electrons. The Morgan fingerprint density at radius 3 is 2.65 bits per heavy atom. The van der Waals surface area contributed by atoms with Gasteiger partial charge in [-0.25, -0.2) is 0 Å². The van der Waals surface area contributed by atoms with Gasteiger partial charge in [-0.2, -0.15) is 0 Å². The van der Waals surface area contributed by atoms with Crippen LogP contribution in [-0.2, 0) is 16.0 Å². The van der Waals surface area contributed by atoms with Crippen molar-refractivity contribution < 1.29 is 9.53 Å². The Bertz CT molecular complexity index is 864. The molecule has 0 unspecified atom stereocenters. The fourth-order valence-electron chi connectivity index (χ4n) is 2.59. The van der Waals surface area contributed by atoms with E-state index < -0.39 is 0 Å². The van der Waals surface area contributed by atoms with E-state index in [0.717, 1.165) is 21.7 Å². The summed E-state index contributed by atoms with van der Waals surface area (Å²) in [5.74, 6) is -0.0137. The van der Waals surface area contributed by atoms with Gasteiger partial charge in [0, 0.05) is 12.7 Å². The zero-order valence-corrected chi connectivity index (χ0v) is 15.7. The molecule has 0 radical (unpaired) electrons. The molecule has 5 nitrogen and oxygen atoms in total. The number of hydrogen-bond acceptors (Lipinski definition) is 5. The molecule has 0 saturated heterocycles. The maximum Gasteiger partial charge on any atom is 0.233 e. The molecule has 3 rings (SSSR count). The Morgan fingerprint density at radius 2 is 1.92 bits per heavy atom. The minimum atomic E-state index is -0.0137. The normalized spacial score (nSPS) is 10.7. The van der Waals surface area contributed by atoms with Crippen LogP contribution in [0, 0.1) is 6.92 Å². The van der Waals surface area contributed by atoms with Gasteiger partial charge >= 0.3 is 0 Å². The van der Waals surface area contributed by atoms with Gasteiger partial charge in [0.2, 0.25) is 11.0 Å². The summed E-state index contributed by atoms with van der Waals surface area (Å²) in [5, 5.41) is 9.94. The molecule has 2 aromatic carbocycles. The van der Waals surface area contributed by atoms with Gasteiger partial charge in [-0.1, -0.05) is 65.4 Å². The van der Waals surface area contributed by atoms with Gasteiger partial charge in [0.1, 0.15) is 5.01 Å². The van der Waals surface area contributed by atoms with Gasteiger partial charge in [-0.3, -0.25) is 9.69 Å². The number of methoxy groups -OCH3 is 1. The topological polar surface area (TPSA) is 55.3 Å². The van der Waals surface area contributed by atoms with Crippen LogP contribution in [-0.4, -0.2) is 36.4 Å². The first-order chi connectivity index (χ1) is 12.7. The minimum Gasteiger partial charge on any atom is -0.383 e. The minimum absolute atomic E-state index is 0.0137. The average Bonchev–Trinajstić information content (AvgIpc) is 3.13. The van der Waals surface area contributed by atoms with Gasteiger partial charge in [0.15, 0.2) is 0 Å². The smallest absolute Gasteiger partial charge is 0.233 e. The van der Waals surface area contributed by atoms with E-state index in [1.165, 1.54) is 11.3 Å². The second-order valence-electron chi connectivity index (χ2n) is 5.96. The van der Waals surface area contributed by atoms with Crippen molar-refractivity contribution in [3.8, 4) is 10.6 Å². The summed E-state index contributed by atoms with van der Waals surface area (Å²) in [4.78, 5) is 14.5. The summed E-state index contributed by atoms with van der Waals surface area (Å²) in [5.41, 5.74) is 3.15. The van der Waals surface area contributed by atoms with Gasteiger partial charge in [-0.15, -0.1) is 10.2 Å². The van der Waals surface area contributed by atoms with E-state index in [1.807, 2.05) is 55.5 Å². The number of carbonyl (C=O) groups is 1. The molecule has 0 saturated carbocycles. The third-order valence-electron chi connectivity index (χ3n) is 3.93. The van der Waals surface area contributed by atoms with Crippen LogP contribution in [0.2, 0.25) is 0 Å². The van der Waals surface area contributed by atoms with Crippen molar-refractivity contribution in [2.24, 2.45) is 0 Å². The summed E-state index contributed by atoms with van der Waals surface area (Å²) in [7, 11) is 1.62. The van der Waals surface area contributed by atoms with E-state index in [1.54, 1.807) is 12.0 Å². The zero-order valence-electron chi connectivity index (χ0n) is 14.9. The molecule has 1 amide bonds. The molecule has 0 atom stereocenters. The molecule has 0 aliphatic heterocycles. The number of benzene rings is 2. The highest BCUT2D eigenvalue weighted by Gasteiger charge is 2.20. The molecule has 0 aliphatic carbocycles. The summed E-state index contributed by atoms with van der Waals surface area (Å²) in [6.45, 7) is 2.93. The van der Waals surface area contributed by atoms with Gasteiger partial charge in [0.05, 0.1) is 19.6 Å². The third kappa shape index (κ3) is 4.53. The molecule has 1 heterocycles. The number of rotatable bonds is 7. The fourth-order valence-corrected chi connectivity index (χ4v) is 3.48. The quantitative estimate of drug-likeness (QED) is 0.638. The number of carbonyl (C=O) groups excluding carboxylic acids is 1.